The zero-order chi connectivity index (χ0) is 27.4. The van der Waals surface area contributed by atoms with Crippen molar-refractivity contribution in [1.29, 1.82) is 0 Å². The first-order valence-electron chi connectivity index (χ1n) is 11.0. The number of nitrogens with zero attached hydrogens (tertiary/aromatic N) is 5. The van der Waals surface area contributed by atoms with Crippen molar-refractivity contribution in [3.63, 3.8) is 0 Å². The molecule has 4 aromatic rings. The highest BCUT2D eigenvalue weighted by molar-refractivity contribution is 7.98. The minimum absolute atomic E-state index is 0.0908. The summed E-state index contributed by atoms with van der Waals surface area (Å²) in [5.74, 6) is -2.75. The van der Waals surface area contributed by atoms with Crippen molar-refractivity contribution in [2.75, 3.05) is 0 Å². The lowest BCUT2D eigenvalue weighted by molar-refractivity contribution is -0.274. The molecule has 38 heavy (non-hydrogen) atoms. The summed E-state index contributed by atoms with van der Waals surface area (Å²) in [7, 11) is 0. The van der Waals surface area contributed by atoms with Crippen molar-refractivity contribution in [1.82, 2.24) is 30.3 Å². The summed E-state index contributed by atoms with van der Waals surface area (Å²) in [6.07, 6.45) is -4.86. The third kappa shape index (κ3) is 6.62. The number of aromatic nitrogens is 5. The Morgan fingerprint density at radius 3 is 2.26 bits per heavy atom. The van der Waals surface area contributed by atoms with Crippen LogP contribution in [0.3, 0.4) is 0 Å². The fraction of sp³-hybridized carbons (Fsp3) is 0.208. The zero-order valence-corrected chi connectivity index (χ0v) is 20.7. The highest BCUT2D eigenvalue weighted by Gasteiger charge is 2.31. The van der Waals surface area contributed by atoms with Gasteiger partial charge in [-0.3, -0.25) is 4.79 Å². The van der Waals surface area contributed by atoms with Crippen LogP contribution in [0, 0.1) is 25.5 Å². The summed E-state index contributed by atoms with van der Waals surface area (Å²) in [6, 6.07) is 9.95. The highest BCUT2D eigenvalue weighted by atomic mass is 32.2. The fourth-order valence-corrected chi connectivity index (χ4v) is 4.39. The molecular weight excluding hydrogens is 531 g/mol. The van der Waals surface area contributed by atoms with Gasteiger partial charge in [-0.05, 0) is 56.3 Å². The molecule has 0 aliphatic heterocycles. The molecule has 2 aromatic carbocycles. The van der Waals surface area contributed by atoms with E-state index in [1.807, 2.05) is 0 Å². The summed E-state index contributed by atoms with van der Waals surface area (Å²) >= 11 is 1.18. The summed E-state index contributed by atoms with van der Waals surface area (Å²) in [6.45, 7) is 3.16. The number of carbonyl (C=O) groups is 1. The van der Waals surface area contributed by atoms with Crippen molar-refractivity contribution in [2.45, 2.75) is 37.7 Å². The Hall–Kier alpha value is -4.07. The molecule has 0 aliphatic carbocycles. The number of thioether (sulfide) groups is 1. The molecule has 0 atom stereocenters. The molecule has 2 aromatic heterocycles. The van der Waals surface area contributed by atoms with E-state index in [4.69, 9.17) is 0 Å². The molecule has 1 amide bonds. The summed E-state index contributed by atoms with van der Waals surface area (Å²) in [5, 5.41) is 10.8. The molecule has 198 valence electrons. The lowest BCUT2D eigenvalue weighted by Crippen LogP contribution is -2.25. The zero-order valence-electron chi connectivity index (χ0n) is 19.9. The van der Waals surface area contributed by atoms with E-state index < -0.39 is 36.2 Å². The topological polar surface area (TPSA) is 94.8 Å². The van der Waals surface area contributed by atoms with Crippen molar-refractivity contribution < 1.29 is 31.5 Å². The lowest BCUT2D eigenvalue weighted by Gasteiger charge is -2.11. The Labute approximate surface area is 217 Å². The average molecular weight is 551 g/mol. The molecule has 0 unspecified atom stereocenters. The first-order chi connectivity index (χ1) is 18.0. The number of hydrogen-bond donors (Lipinski definition) is 1. The number of nitrogens with one attached hydrogen (secondary N) is 1. The van der Waals surface area contributed by atoms with Crippen LogP contribution in [-0.4, -0.2) is 37.2 Å². The minimum Gasteiger partial charge on any atom is -0.406 e. The third-order valence-corrected chi connectivity index (χ3v) is 5.94. The van der Waals surface area contributed by atoms with E-state index in [9.17, 15) is 26.7 Å². The van der Waals surface area contributed by atoms with Crippen LogP contribution < -0.4 is 10.1 Å². The molecule has 4 rings (SSSR count). The van der Waals surface area contributed by atoms with Gasteiger partial charge in [-0.1, -0.05) is 23.0 Å². The molecule has 0 saturated carbocycles. The molecular formula is C24H19F5N6O2S. The van der Waals surface area contributed by atoms with Crippen LogP contribution in [0.4, 0.5) is 22.0 Å². The van der Waals surface area contributed by atoms with E-state index in [1.165, 1.54) is 34.6 Å². The van der Waals surface area contributed by atoms with Gasteiger partial charge in [0.05, 0.1) is 11.4 Å². The van der Waals surface area contributed by atoms with Crippen LogP contribution in [0.25, 0.3) is 5.69 Å². The number of halogens is 5. The monoisotopic (exact) mass is 550 g/mol. The Bertz CT molecular complexity index is 1420. The SMILES string of the molecule is Cc1cc(C)nc(SCc2c(C(=O)NCc3c(F)cccc3F)nnn2-c2ccc(OC(F)(F)F)cc2)n1. The van der Waals surface area contributed by atoms with Crippen molar-refractivity contribution in [2.24, 2.45) is 0 Å². The van der Waals surface area contributed by atoms with Gasteiger partial charge < -0.3 is 10.1 Å². The molecule has 0 fully saturated rings. The number of ether oxygens (including phenoxy) is 1. The van der Waals surface area contributed by atoms with Crippen LogP contribution >= 0.6 is 11.8 Å². The Morgan fingerprint density at radius 2 is 1.66 bits per heavy atom. The van der Waals surface area contributed by atoms with Gasteiger partial charge in [0.2, 0.25) is 0 Å². The van der Waals surface area contributed by atoms with Crippen LogP contribution in [0.15, 0.2) is 53.7 Å². The Kier molecular flexibility index (Phi) is 7.90. The van der Waals surface area contributed by atoms with Gasteiger partial charge in [-0.15, -0.1) is 18.3 Å². The Morgan fingerprint density at radius 1 is 1.03 bits per heavy atom. The number of carbonyl (C=O) groups excluding carboxylic acids is 1. The van der Waals surface area contributed by atoms with E-state index in [-0.39, 0.29) is 22.7 Å². The van der Waals surface area contributed by atoms with E-state index in [0.29, 0.717) is 10.8 Å². The van der Waals surface area contributed by atoms with Crippen LogP contribution in [0.5, 0.6) is 5.75 Å². The van der Waals surface area contributed by atoms with Gasteiger partial charge in [0.1, 0.15) is 17.4 Å². The number of amides is 1. The molecule has 2 heterocycles. The molecule has 0 saturated heterocycles. The van der Waals surface area contributed by atoms with E-state index >= 15 is 0 Å². The van der Waals surface area contributed by atoms with Crippen LogP contribution in [0.1, 0.15) is 33.1 Å². The second-order valence-corrected chi connectivity index (χ2v) is 8.89. The quantitative estimate of drug-likeness (QED) is 0.186. The predicted molar refractivity (Wildman–Crippen MR) is 127 cm³/mol. The number of aryl methyl sites for hydroxylation is 2. The second kappa shape index (κ2) is 11.1. The average Bonchev–Trinajstić information content (AvgIpc) is 3.25. The summed E-state index contributed by atoms with van der Waals surface area (Å²) in [4.78, 5) is 21.7. The third-order valence-electron chi connectivity index (χ3n) is 5.08. The molecule has 0 radical (unpaired) electrons. The van der Waals surface area contributed by atoms with Gasteiger partial charge in [-0.25, -0.2) is 23.4 Å². The maximum absolute atomic E-state index is 14.0. The fourth-order valence-electron chi connectivity index (χ4n) is 3.45. The smallest absolute Gasteiger partial charge is 0.406 e. The molecule has 8 nitrogen and oxygen atoms in total. The second-order valence-electron chi connectivity index (χ2n) is 7.94. The van der Waals surface area contributed by atoms with Crippen molar-refractivity contribution >= 4 is 17.7 Å². The van der Waals surface area contributed by atoms with Gasteiger partial charge >= 0.3 is 6.36 Å². The summed E-state index contributed by atoms with van der Waals surface area (Å²) < 4.78 is 70.7. The van der Waals surface area contributed by atoms with Gasteiger partial charge in [0.25, 0.3) is 5.91 Å². The predicted octanol–water partition coefficient (Wildman–Crippen LogP) is 5.07. The molecule has 0 aliphatic rings. The van der Waals surface area contributed by atoms with Crippen LogP contribution in [-0.2, 0) is 12.3 Å². The Balaban J connectivity index is 1.63. The van der Waals surface area contributed by atoms with E-state index in [0.717, 1.165) is 35.7 Å². The standard InChI is InChI=1S/C24H19F5N6O2S/c1-13-10-14(2)32-23(31-13)38-12-20-21(22(36)30-11-17-18(25)4-3-5-19(17)26)33-34-35(20)15-6-8-16(9-7-15)37-24(27,28)29/h3-10H,11-12H2,1-2H3,(H,30,36). The summed E-state index contributed by atoms with van der Waals surface area (Å²) in [5.41, 5.74) is 1.55. The molecule has 1 N–H and O–H groups in total. The first kappa shape index (κ1) is 27.0. The minimum atomic E-state index is -4.86. The number of benzene rings is 2. The van der Waals surface area contributed by atoms with Crippen molar-refractivity contribution in [3.05, 3.63) is 88.5 Å². The number of hydrogen-bond acceptors (Lipinski definition) is 7. The maximum atomic E-state index is 14.0. The normalized spacial score (nSPS) is 11.4. The molecule has 0 bridgehead atoms. The van der Waals surface area contributed by atoms with E-state index in [2.05, 4.69) is 30.3 Å². The van der Waals surface area contributed by atoms with E-state index in [1.54, 1.807) is 19.9 Å². The maximum Gasteiger partial charge on any atom is 0.573 e. The number of rotatable bonds is 8. The molecule has 0 spiro atoms. The van der Waals surface area contributed by atoms with Gasteiger partial charge in [-0.2, -0.15) is 0 Å². The highest BCUT2D eigenvalue weighted by Crippen LogP contribution is 2.27. The largest absolute Gasteiger partial charge is 0.573 e. The van der Waals surface area contributed by atoms with Gasteiger partial charge in [0.15, 0.2) is 10.9 Å². The lowest BCUT2D eigenvalue weighted by atomic mass is 10.2. The number of alkyl halides is 3. The van der Waals surface area contributed by atoms with Crippen LogP contribution in [0.2, 0.25) is 0 Å². The van der Waals surface area contributed by atoms with Crippen molar-refractivity contribution in [3.8, 4) is 11.4 Å². The molecule has 14 heteroatoms. The first-order valence-corrected chi connectivity index (χ1v) is 12.0. The van der Waals surface area contributed by atoms with Gasteiger partial charge in [0, 0.05) is 29.2 Å².